The van der Waals surface area contributed by atoms with Gasteiger partial charge in [0.15, 0.2) is 0 Å². The quantitative estimate of drug-likeness (QED) is 0.755. The van der Waals surface area contributed by atoms with E-state index in [0.29, 0.717) is 11.6 Å². The van der Waals surface area contributed by atoms with Gasteiger partial charge < -0.3 is 15.5 Å². The van der Waals surface area contributed by atoms with E-state index in [2.05, 4.69) is 5.32 Å². The zero-order chi connectivity index (χ0) is 13.8. The molecular weight excluding hydrogens is 266 g/mol. The fraction of sp³-hybridized carbons (Fsp3) is 0.0714. The molecule has 19 heavy (non-hydrogen) atoms. The molecule has 0 saturated carbocycles. The van der Waals surface area contributed by atoms with Gasteiger partial charge in [-0.1, -0.05) is 12.1 Å². The van der Waals surface area contributed by atoms with Crippen LogP contribution in [0.4, 0.5) is 5.69 Å². The number of alkyl halides is 1. The van der Waals surface area contributed by atoms with Gasteiger partial charge in [-0.2, -0.15) is 0 Å². The Morgan fingerprint density at radius 1 is 1.11 bits per heavy atom. The first-order valence-corrected chi connectivity index (χ1v) is 6.12. The topological polar surface area (TPSA) is 69.6 Å². The lowest BCUT2D eigenvalue weighted by molar-refractivity contribution is 0.102. The molecule has 4 nitrogen and oxygen atoms in total. The molecule has 3 N–H and O–H groups in total. The molecule has 2 aromatic carbocycles. The van der Waals surface area contributed by atoms with Gasteiger partial charge in [-0.3, -0.25) is 4.79 Å². The van der Waals surface area contributed by atoms with Crippen molar-refractivity contribution in [3.05, 3.63) is 53.6 Å². The van der Waals surface area contributed by atoms with Gasteiger partial charge in [0.25, 0.3) is 5.91 Å². The predicted octanol–water partition coefficient (Wildman–Crippen LogP) is 3.09. The van der Waals surface area contributed by atoms with Crippen LogP contribution in [0.3, 0.4) is 0 Å². The summed E-state index contributed by atoms with van der Waals surface area (Å²) >= 11 is 5.67. The first kappa shape index (κ1) is 13.2. The Hall–Kier alpha value is -2.20. The number of rotatable bonds is 3. The van der Waals surface area contributed by atoms with E-state index in [0.717, 1.165) is 11.6 Å². The largest absolute Gasteiger partial charge is 0.508 e. The smallest absolute Gasteiger partial charge is 0.259 e. The number of benzene rings is 2. The molecule has 0 atom stereocenters. The van der Waals surface area contributed by atoms with E-state index in [9.17, 15) is 9.90 Å². The maximum Gasteiger partial charge on any atom is 0.259 e. The van der Waals surface area contributed by atoms with Crippen LogP contribution < -0.4 is 5.32 Å². The monoisotopic (exact) mass is 277 g/mol. The highest BCUT2D eigenvalue weighted by Crippen LogP contribution is 2.23. The molecule has 0 saturated heterocycles. The van der Waals surface area contributed by atoms with Crippen LogP contribution in [0, 0.1) is 0 Å². The molecule has 98 valence electrons. The van der Waals surface area contributed by atoms with Gasteiger partial charge >= 0.3 is 0 Å². The molecule has 0 radical (unpaired) electrons. The van der Waals surface area contributed by atoms with Crippen LogP contribution in [-0.2, 0) is 5.88 Å². The summed E-state index contributed by atoms with van der Waals surface area (Å²) in [5.74, 6) is -0.404. The number of carbonyl (C=O) groups excluding carboxylic acids is 1. The van der Waals surface area contributed by atoms with Crippen LogP contribution in [0.15, 0.2) is 42.5 Å². The number of aromatic hydroxyl groups is 2. The number of anilines is 1. The van der Waals surface area contributed by atoms with Gasteiger partial charge in [-0.05, 0) is 29.8 Å². The van der Waals surface area contributed by atoms with E-state index in [4.69, 9.17) is 16.7 Å². The van der Waals surface area contributed by atoms with Gasteiger partial charge in [-0.15, -0.1) is 11.6 Å². The van der Waals surface area contributed by atoms with Crippen LogP contribution in [-0.4, -0.2) is 16.1 Å². The molecule has 0 bridgehead atoms. The van der Waals surface area contributed by atoms with Crippen molar-refractivity contribution in [3.63, 3.8) is 0 Å². The number of hydrogen-bond acceptors (Lipinski definition) is 3. The molecule has 0 unspecified atom stereocenters. The van der Waals surface area contributed by atoms with Crippen LogP contribution in [0.1, 0.15) is 15.9 Å². The number of nitrogens with one attached hydrogen (secondary N) is 1. The third kappa shape index (κ3) is 3.17. The summed E-state index contributed by atoms with van der Waals surface area (Å²) in [7, 11) is 0. The molecule has 0 heterocycles. The molecule has 0 aromatic heterocycles. The van der Waals surface area contributed by atoms with E-state index in [-0.39, 0.29) is 17.1 Å². The summed E-state index contributed by atoms with van der Waals surface area (Å²) in [4.78, 5) is 11.9. The highest BCUT2D eigenvalue weighted by atomic mass is 35.5. The standard InChI is InChI=1S/C14H12ClNO3/c15-8-9-1-3-10(4-2-9)16-14(19)12-6-5-11(17)7-13(12)18/h1-7,17-18H,8H2,(H,16,19). The van der Waals surface area contributed by atoms with Crippen LogP contribution in [0.25, 0.3) is 0 Å². The molecule has 2 aromatic rings. The Kier molecular flexibility index (Phi) is 3.92. The van der Waals surface area contributed by atoms with E-state index in [1.807, 2.05) is 0 Å². The van der Waals surface area contributed by atoms with E-state index in [1.165, 1.54) is 12.1 Å². The third-order valence-electron chi connectivity index (χ3n) is 2.59. The first-order valence-electron chi connectivity index (χ1n) is 5.58. The molecule has 1 amide bonds. The molecular formula is C14H12ClNO3. The van der Waals surface area contributed by atoms with E-state index >= 15 is 0 Å². The summed E-state index contributed by atoms with van der Waals surface area (Å²) in [6, 6.07) is 10.9. The summed E-state index contributed by atoms with van der Waals surface area (Å²) < 4.78 is 0. The average molecular weight is 278 g/mol. The van der Waals surface area contributed by atoms with Gasteiger partial charge in [0.2, 0.25) is 0 Å². The Morgan fingerprint density at radius 2 is 1.79 bits per heavy atom. The van der Waals surface area contributed by atoms with Crippen molar-refractivity contribution in [2.45, 2.75) is 5.88 Å². The molecule has 0 fully saturated rings. The van der Waals surface area contributed by atoms with Crippen LogP contribution in [0.5, 0.6) is 11.5 Å². The van der Waals surface area contributed by atoms with Crippen LogP contribution >= 0.6 is 11.6 Å². The number of carbonyl (C=O) groups is 1. The summed E-state index contributed by atoms with van der Waals surface area (Å²) in [5.41, 5.74) is 1.65. The Bertz CT molecular complexity index is 596. The molecule has 5 heteroatoms. The number of phenolic OH excluding ortho intramolecular Hbond substituents is 2. The average Bonchev–Trinajstić information content (AvgIpc) is 2.39. The number of phenols is 2. The fourth-order valence-electron chi connectivity index (χ4n) is 1.59. The van der Waals surface area contributed by atoms with Crippen molar-refractivity contribution in [2.24, 2.45) is 0 Å². The summed E-state index contributed by atoms with van der Waals surface area (Å²) in [5, 5.41) is 21.4. The van der Waals surface area contributed by atoms with Crippen molar-refractivity contribution < 1.29 is 15.0 Å². The van der Waals surface area contributed by atoms with E-state index in [1.54, 1.807) is 24.3 Å². The van der Waals surface area contributed by atoms with Gasteiger partial charge in [0.05, 0.1) is 5.56 Å². The Labute approximate surface area is 115 Å². The highest BCUT2D eigenvalue weighted by Gasteiger charge is 2.11. The van der Waals surface area contributed by atoms with E-state index < -0.39 is 5.91 Å². The third-order valence-corrected chi connectivity index (χ3v) is 2.90. The molecule has 0 spiro atoms. The second-order valence-electron chi connectivity index (χ2n) is 3.99. The minimum atomic E-state index is -0.448. The second kappa shape index (κ2) is 5.63. The van der Waals surface area contributed by atoms with Crippen molar-refractivity contribution in [1.29, 1.82) is 0 Å². The Balaban J connectivity index is 2.15. The SMILES string of the molecule is O=C(Nc1ccc(CCl)cc1)c1ccc(O)cc1O. The zero-order valence-corrected chi connectivity index (χ0v) is 10.7. The van der Waals surface area contributed by atoms with Crippen molar-refractivity contribution in [3.8, 4) is 11.5 Å². The van der Waals surface area contributed by atoms with Crippen molar-refractivity contribution in [1.82, 2.24) is 0 Å². The number of hydrogen-bond donors (Lipinski definition) is 3. The molecule has 0 aliphatic heterocycles. The fourth-order valence-corrected chi connectivity index (χ4v) is 1.77. The van der Waals surface area contributed by atoms with Gasteiger partial charge in [0, 0.05) is 17.6 Å². The lowest BCUT2D eigenvalue weighted by atomic mass is 10.1. The van der Waals surface area contributed by atoms with Crippen molar-refractivity contribution >= 4 is 23.2 Å². The maximum atomic E-state index is 11.9. The molecule has 0 aliphatic carbocycles. The lowest BCUT2D eigenvalue weighted by Gasteiger charge is -2.07. The minimum absolute atomic E-state index is 0.0965. The van der Waals surface area contributed by atoms with Crippen LogP contribution in [0.2, 0.25) is 0 Å². The zero-order valence-electron chi connectivity index (χ0n) is 9.93. The number of halogens is 1. The van der Waals surface area contributed by atoms with Gasteiger partial charge in [0.1, 0.15) is 11.5 Å². The predicted molar refractivity (Wildman–Crippen MR) is 73.7 cm³/mol. The maximum absolute atomic E-state index is 11.9. The lowest BCUT2D eigenvalue weighted by Crippen LogP contribution is -2.11. The molecule has 0 aliphatic rings. The van der Waals surface area contributed by atoms with Gasteiger partial charge in [-0.25, -0.2) is 0 Å². The highest BCUT2D eigenvalue weighted by molar-refractivity contribution is 6.17. The normalized spacial score (nSPS) is 10.2. The Morgan fingerprint density at radius 3 is 2.37 bits per heavy atom. The summed E-state index contributed by atoms with van der Waals surface area (Å²) in [6.07, 6.45) is 0. The molecule has 2 rings (SSSR count). The summed E-state index contributed by atoms with van der Waals surface area (Å²) in [6.45, 7) is 0. The van der Waals surface area contributed by atoms with Crippen molar-refractivity contribution in [2.75, 3.05) is 5.32 Å². The first-order chi connectivity index (χ1) is 9.10. The minimum Gasteiger partial charge on any atom is -0.508 e. The number of amides is 1. The second-order valence-corrected chi connectivity index (χ2v) is 4.25.